The van der Waals surface area contributed by atoms with Crippen LogP contribution in [0.15, 0.2) is 0 Å². The summed E-state index contributed by atoms with van der Waals surface area (Å²) < 4.78 is 0. The highest BCUT2D eigenvalue weighted by Gasteiger charge is 2.27. The number of hydrogen-bond acceptors (Lipinski definition) is 6. The zero-order valence-electron chi connectivity index (χ0n) is 13.7. The quantitative estimate of drug-likeness (QED) is 0.262. The topological polar surface area (TPSA) is 159 Å². The number of amides is 2. The van der Waals surface area contributed by atoms with Gasteiger partial charge < -0.3 is 26.6 Å². The predicted octanol–water partition coefficient (Wildman–Crippen LogP) is -0.791. The van der Waals surface area contributed by atoms with Crippen molar-refractivity contribution in [3.63, 3.8) is 0 Å². The molecule has 0 aromatic rings. The first kappa shape index (κ1) is 22.2. The van der Waals surface area contributed by atoms with Gasteiger partial charge in [0.05, 0.1) is 6.04 Å². The molecular formula is C14H25N3O6S. The van der Waals surface area contributed by atoms with Crippen molar-refractivity contribution in [2.45, 2.75) is 51.2 Å². The maximum atomic E-state index is 12.2. The Morgan fingerprint density at radius 3 is 2.00 bits per heavy atom. The van der Waals surface area contributed by atoms with E-state index in [9.17, 15) is 19.2 Å². The van der Waals surface area contributed by atoms with Gasteiger partial charge in [0.25, 0.3) is 0 Å². The fraction of sp³-hybridized carbons (Fsp3) is 0.714. The van der Waals surface area contributed by atoms with Crippen LogP contribution < -0.4 is 16.4 Å². The summed E-state index contributed by atoms with van der Waals surface area (Å²) in [7, 11) is 0. The van der Waals surface area contributed by atoms with Gasteiger partial charge in [0.2, 0.25) is 11.8 Å². The van der Waals surface area contributed by atoms with Gasteiger partial charge in [-0.1, -0.05) is 13.8 Å². The largest absolute Gasteiger partial charge is 0.481 e. The summed E-state index contributed by atoms with van der Waals surface area (Å²) in [6, 6.07) is -3.27. The molecule has 0 aliphatic carbocycles. The molecule has 0 spiro atoms. The van der Waals surface area contributed by atoms with Crippen molar-refractivity contribution in [1.82, 2.24) is 10.6 Å². The number of hydrogen-bond donors (Lipinski definition) is 6. The molecule has 0 rings (SSSR count). The molecular weight excluding hydrogens is 338 g/mol. The molecule has 2 amide bonds. The molecule has 24 heavy (non-hydrogen) atoms. The number of nitrogens with one attached hydrogen (secondary N) is 2. The van der Waals surface area contributed by atoms with E-state index in [1.807, 2.05) is 13.8 Å². The van der Waals surface area contributed by atoms with Gasteiger partial charge in [0.15, 0.2) is 0 Å². The number of rotatable bonds is 11. The summed E-state index contributed by atoms with van der Waals surface area (Å²) in [6.45, 7) is 3.76. The minimum absolute atomic E-state index is 0.145. The maximum Gasteiger partial charge on any atom is 0.327 e. The predicted molar refractivity (Wildman–Crippen MR) is 89.7 cm³/mol. The second kappa shape index (κ2) is 10.9. The third-order valence-electron chi connectivity index (χ3n) is 3.14. The molecule has 3 atom stereocenters. The second-order valence-corrected chi connectivity index (χ2v) is 6.18. The average Bonchev–Trinajstić information content (AvgIpc) is 2.46. The molecule has 138 valence electrons. The molecule has 3 unspecified atom stereocenters. The lowest BCUT2D eigenvalue weighted by atomic mass is 10.0. The van der Waals surface area contributed by atoms with Gasteiger partial charge >= 0.3 is 11.9 Å². The SMILES string of the molecule is CC(C)CC(N)C(=O)NC(CCC(=O)O)C(=O)NC(CS)C(=O)O. The number of carboxylic acids is 2. The van der Waals surface area contributed by atoms with Crippen LogP contribution in [-0.4, -0.2) is 57.8 Å². The summed E-state index contributed by atoms with van der Waals surface area (Å²) in [5, 5.41) is 22.3. The van der Waals surface area contributed by atoms with Crippen LogP contribution in [0, 0.1) is 5.92 Å². The molecule has 0 radical (unpaired) electrons. The number of carbonyl (C=O) groups is 4. The number of carboxylic acid groups (broad SMARTS) is 2. The van der Waals surface area contributed by atoms with Crippen LogP contribution in [-0.2, 0) is 19.2 Å². The van der Waals surface area contributed by atoms with E-state index in [4.69, 9.17) is 15.9 Å². The van der Waals surface area contributed by atoms with Crippen molar-refractivity contribution in [3.8, 4) is 0 Å². The van der Waals surface area contributed by atoms with E-state index in [2.05, 4.69) is 23.3 Å². The molecule has 9 nitrogen and oxygen atoms in total. The van der Waals surface area contributed by atoms with E-state index >= 15 is 0 Å². The molecule has 0 aromatic heterocycles. The molecule has 6 N–H and O–H groups in total. The van der Waals surface area contributed by atoms with Crippen LogP contribution in [0.4, 0.5) is 0 Å². The van der Waals surface area contributed by atoms with Crippen molar-refractivity contribution in [1.29, 1.82) is 0 Å². The Kier molecular flexibility index (Phi) is 10.0. The van der Waals surface area contributed by atoms with Crippen LogP contribution in [0.25, 0.3) is 0 Å². The molecule has 0 bridgehead atoms. The Labute approximate surface area is 145 Å². The van der Waals surface area contributed by atoms with Crippen molar-refractivity contribution >= 4 is 36.4 Å². The zero-order chi connectivity index (χ0) is 18.9. The molecule has 0 saturated heterocycles. The van der Waals surface area contributed by atoms with Crippen molar-refractivity contribution in [3.05, 3.63) is 0 Å². The van der Waals surface area contributed by atoms with Crippen LogP contribution in [0.2, 0.25) is 0 Å². The number of thiol groups is 1. The van der Waals surface area contributed by atoms with E-state index in [-0.39, 0.29) is 24.5 Å². The zero-order valence-corrected chi connectivity index (χ0v) is 14.6. The van der Waals surface area contributed by atoms with Gasteiger partial charge in [0.1, 0.15) is 12.1 Å². The van der Waals surface area contributed by atoms with E-state index in [1.54, 1.807) is 0 Å². The summed E-state index contributed by atoms with van der Waals surface area (Å²) >= 11 is 3.83. The number of aliphatic carboxylic acids is 2. The Hall–Kier alpha value is -1.81. The van der Waals surface area contributed by atoms with E-state index in [0.29, 0.717) is 6.42 Å². The lowest BCUT2D eigenvalue weighted by molar-refractivity contribution is -0.142. The first-order chi connectivity index (χ1) is 11.1. The van der Waals surface area contributed by atoms with Gasteiger partial charge in [-0.25, -0.2) is 4.79 Å². The highest BCUT2D eigenvalue weighted by Crippen LogP contribution is 2.05. The van der Waals surface area contributed by atoms with Gasteiger partial charge in [-0.2, -0.15) is 12.6 Å². The molecule has 0 aromatic carbocycles. The highest BCUT2D eigenvalue weighted by atomic mass is 32.1. The summed E-state index contributed by atoms with van der Waals surface area (Å²) in [6.07, 6.45) is -0.149. The van der Waals surface area contributed by atoms with Crippen LogP contribution in [0.5, 0.6) is 0 Å². The monoisotopic (exact) mass is 363 g/mol. The van der Waals surface area contributed by atoms with Crippen molar-refractivity contribution in [2.75, 3.05) is 5.75 Å². The lowest BCUT2D eigenvalue weighted by Crippen LogP contribution is -2.55. The minimum Gasteiger partial charge on any atom is -0.481 e. The third-order valence-corrected chi connectivity index (χ3v) is 3.50. The molecule has 0 heterocycles. The summed E-state index contributed by atoms with van der Waals surface area (Å²) in [5.41, 5.74) is 5.73. The second-order valence-electron chi connectivity index (χ2n) is 5.81. The van der Waals surface area contributed by atoms with Crippen molar-refractivity contribution in [2.24, 2.45) is 11.7 Å². The minimum atomic E-state index is -1.28. The highest BCUT2D eigenvalue weighted by molar-refractivity contribution is 7.80. The molecule has 0 aliphatic rings. The van der Waals surface area contributed by atoms with E-state index in [0.717, 1.165) is 0 Å². The van der Waals surface area contributed by atoms with Crippen LogP contribution in [0.1, 0.15) is 33.1 Å². The first-order valence-electron chi connectivity index (χ1n) is 7.50. The van der Waals surface area contributed by atoms with Gasteiger partial charge in [0, 0.05) is 12.2 Å². The molecule has 10 heteroatoms. The Bertz CT molecular complexity index is 471. The smallest absolute Gasteiger partial charge is 0.327 e. The summed E-state index contributed by atoms with van der Waals surface area (Å²) in [4.78, 5) is 45.8. The van der Waals surface area contributed by atoms with Crippen LogP contribution >= 0.6 is 12.6 Å². The third kappa shape index (κ3) is 8.73. The first-order valence-corrected chi connectivity index (χ1v) is 8.13. The lowest BCUT2D eigenvalue weighted by Gasteiger charge is -2.22. The van der Waals surface area contributed by atoms with Gasteiger partial charge in [-0.15, -0.1) is 0 Å². The van der Waals surface area contributed by atoms with E-state index in [1.165, 1.54) is 0 Å². The summed E-state index contributed by atoms with van der Waals surface area (Å²) in [5.74, 6) is -3.78. The molecule has 0 saturated carbocycles. The molecule has 0 aliphatic heterocycles. The normalized spacial score (nSPS) is 14.5. The Balaban J connectivity index is 4.95. The Morgan fingerprint density at radius 2 is 1.58 bits per heavy atom. The fourth-order valence-corrected chi connectivity index (χ4v) is 2.14. The standard InChI is InChI=1S/C14H25N3O6S/c1-7(2)5-8(15)12(20)16-9(3-4-11(18)19)13(21)17-10(6-24)14(22)23/h7-10,24H,3-6,15H2,1-2H3,(H,16,20)(H,17,21)(H,18,19)(H,22,23). The van der Waals surface area contributed by atoms with E-state index < -0.39 is 41.9 Å². The molecule has 0 fully saturated rings. The maximum absolute atomic E-state index is 12.2. The fourth-order valence-electron chi connectivity index (χ4n) is 1.89. The van der Waals surface area contributed by atoms with Crippen molar-refractivity contribution < 1.29 is 29.4 Å². The Morgan fingerprint density at radius 1 is 1.04 bits per heavy atom. The number of carbonyl (C=O) groups excluding carboxylic acids is 2. The van der Waals surface area contributed by atoms with Gasteiger partial charge in [-0.3, -0.25) is 14.4 Å². The van der Waals surface area contributed by atoms with Crippen LogP contribution in [0.3, 0.4) is 0 Å². The average molecular weight is 363 g/mol. The van der Waals surface area contributed by atoms with Gasteiger partial charge in [-0.05, 0) is 18.8 Å². The number of nitrogens with two attached hydrogens (primary N) is 1.